The number of nitrogens with zero attached hydrogens (tertiary/aromatic N) is 1. The Bertz CT molecular complexity index is 1220. The van der Waals surface area contributed by atoms with Gasteiger partial charge in [0, 0.05) is 24.8 Å². The number of benzene rings is 3. The predicted octanol–water partition coefficient (Wildman–Crippen LogP) is 7.70. The van der Waals surface area contributed by atoms with E-state index in [1.807, 2.05) is 56.3 Å². The summed E-state index contributed by atoms with van der Waals surface area (Å²) in [5.41, 5.74) is 2.70. The molecule has 0 radical (unpaired) electrons. The Morgan fingerprint density at radius 2 is 1.41 bits per heavy atom. The van der Waals surface area contributed by atoms with Crippen molar-refractivity contribution >= 4 is 70.0 Å². The maximum atomic E-state index is 13.7. The van der Waals surface area contributed by atoms with Crippen molar-refractivity contribution in [3.05, 3.63) is 104 Å². The van der Waals surface area contributed by atoms with E-state index in [2.05, 4.69) is 5.32 Å². The van der Waals surface area contributed by atoms with Crippen molar-refractivity contribution in [2.45, 2.75) is 44.6 Å². The lowest BCUT2D eigenvalue weighted by Crippen LogP contribution is -2.52. The van der Waals surface area contributed by atoms with E-state index in [-0.39, 0.29) is 30.2 Å². The molecule has 0 saturated carbocycles. The summed E-state index contributed by atoms with van der Waals surface area (Å²) in [4.78, 5) is 28.7. The van der Waals surface area contributed by atoms with Gasteiger partial charge in [-0.1, -0.05) is 88.9 Å². The fourth-order valence-corrected chi connectivity index (χ4v) is 5.24. The Hall–Kier alpha value is -1.89. The van der Waals surface area contributed by atoms with Gasteiger partial charge in [-0.05, 0) is 54.8 Å². The first-order chi connectivity index (χ1) is 17.6. The van der Waals surface area contributed by atoms with Crippen LogP contribution in [0.4, 0.5) is 0 Å². The molecule has 37 heavy (non-hydrogen) atoms. The van der Waals surface area contributed by atoms with Gasteiger partial charge in [0.2, 0.25) is 11.8 Å². The van der Waals surface area contributed by atoms with Crippen LogP contribution in [0.2, 0.25) is 20.1 Å². The lowest BCUT2D eigenvalue weighted by Gasteiger charge is -2.32. The SMILES string of the molecule is CC(C)NC(=O)[C@@H](Cc1ccccc1)N(Cc1ccc(Cl)c(Cl)c1)C(=O)CSCc1ccc(Cl)c(Cl)c1. The maximum Gasteiger partial charge on any atom is 0.243 e. The molecule has 1 N–H and O–H groups in total. The van der Waals surface area contributed by atoms with E-state index < -0.39 is 6.04 Å². The minimum atomic E-state index is -0.711. The minimum Gasteiger partial charge on any atom is -0.352 e. The Morgan fingerprint density at radius 3 is 2.00 bits per heavy atom. The molecule has 3 aromatic carbocycles. The van der Waals surface area contributed by atoms with Gasteiger partial charge in [0.05, 0.1) is 25.8 Å². The number of nitrogens with one attached hydrogen (secondary N) is 1. The van der Waals surface area contributed by atoms with E-state index in [0.717, 1.165) is 16.7 Å². The number of rotatable bonds is 11. The summed E-state index contributed by atoms with van der Waals surface area (Å²) in [6, 6.07) is 19.6. The van der Waals surface area contributed by atoms with Gasteiger partial charge in [-0.2, -0.15) is 0 Å². The third-order valence-electron chi connectivity index (χ3n) is 5.52. The Balaban J connectivity index is 1.86. The third kappa shape index (κ3) is 9.12. The zero-order valence-corrected chi connectivity index (χ0v) is 24.4. The van der Waals surface area contributed by atoms with Gasteiger partial charge in [0.25, 0.3) is 0 Å². The smallest absolute Gasteiger partial charge is 0.243 e. The number of carbonyl (C=O) groups excluding carboxylic acids is 2. The van der Waals surface area contributed by atoms with Crippen LogP contribution in [0.5, 0.6) is 0 Å². The molecule has 0 aliphatic rings. The average molecular weight is 598 g/mol. The van der Waals surface area contributed by atoms with Crippen molar-refractivity contribution in [1.82, 2.24) is 10.2 Å². The first kappa shape index (κ1) is 29.7. The lowest BCUT2D eigenvalue weighted by molar-refractivity contribution is -0.139. The van der Waals surface area contributed by atoms with Crippen molar-refractivity contribution in [2.75, 3.05) is 5.75 Å². The van der Waals surface area contributed by atoms with Crippen molar-refractivity contribution < 1.29 is 9.59 Å². The quantitative estimate of drug-likeness (QED) is 0.246. The first-order valence-corrected chi connectivity index (χ1v) is 14.4. The molecule has 9 heteroatoms. The molecule has 0 saturated heterocycles. The molecule has 0 bridgehead atoms. The van der Waals surface area contributed by atoms with E-state index in [9.17, 15) is 9.59 Å². The van der Waals surface area contributed by atoms with E-state index in [4.69, 9.17) is 46.4 Å². The van der Waals surface area contributed by atoms with Gasteiger partial charge in [-0.3, -0.25) is 9.59 Å². The van der Waals surface area contributed by atoms with Crippen LogP contribution in [0, 0.1) is 0 Å². The molecule has 0 unspecified atom stereocenters. The van der Waals surface area contributed by atoms with Crippen molar-refractivity contribution in [2.24, 2.45) is 0 Å². The average Bonchev–Trinajstić information content (AvgIpc) is 2.85. The molecule has 2 amide bonds. The van der Waals surface area contributed by atoms with Crippen molar-refractivity contribution in [3.63, 3.8) is 0 Å². The second kappa shape index (κ2) is 14.3. The van der Waals surface area contributed by atoms with Crippen LogP contribution in [0.15, 0.2) is 66.7 Å². The standard InChI is InChI=1S/C28H28Cl4N2O2S/c1-18(2)33-28(36)26(14-19-6-4-3-5-7-19)34(15-20-8-10-22(29)24(31)12-20)27(35)17-37-16-21-9-11-23(30)25(32)13-21/h3-13,18,26H,14-17H2,1-2H3,(H,33,36)/t26-/m1/s1. The minimum absolute atomic E-state index is 0.0725. The van der Waals surface area contributed by atoms with Gasteiger partial charge in [0.1, 0.15) is 6.04 Å². The first-order valence-electron chi connectivity index (χ1n) is 11.7. The molecule has 0 aliphatic carbocycles. The molecule has 196 valence electrons. The number of hydrogen-bond acceptors (Lipinski definition) is 3. The molecule has 1 atom stereocenters. The lowest BCUT2D eigenvalue weighted by atomic mass is 10.0. The second-order valence-corrected chi connectivity index (χ2v) is 11.5. The van der Waals surface area contributed by atoms with E-state index in [0.29, 0.717) is 32.3 Å². The molecule has 0 spiro atoms. The van der Waals surface area contributed by atoms with Crippen LogP contribution in [0.25, 0.3) is 0 Å². The molecule has 0 heterocycles. The zero-order chi connectivity index (χ0) is 26.9. The normalized spacial score (nSPS) is 11.9. The summed E-state index contributed by atoms with van der Waals surface area (Å²) >= 11 is 26.0. The van der Waals surface area contributed by atoms with E-state index >= 15 is 0 Å². The molecule has 0 aliphatic heterocycles. The van der Waals surface area contributed by atoms with Crippen LogP contribution in [0.1, 0.15) is 30.5 Å². The molecular formula is C28H28Cl4N2O2S. The fraction of sp³-hybridized carbons (Fsp3) is 0.286. The van der Waals surface area contributed by atoms with Gasteiger partial charge >= 0.3 is 0 Å². The zero-order valence-electron chi connectivity index (χ0n) is 20.5. The highest BCUT2D eigenvalue weighted by Gasteiger charge is 2.30. The van der Waals surface area contributed by atoms with Gasteiger partial charge < -0.3 is 10.2 Å². The van der Waals surface area contributed by atoms with Gasteiger partial charge in [-0.25, -0.2) is 0 Å². The maximum absolute atomic E-state index is 13.7. The van der Waals surface area contributed by atoms with Crippen LogP contribution in [0.3, 0.4) is 0 Å². The Morgan fingerprint density at radius 1 is 0.811 bits per heavy atom. The van der Waals surface area contributed by atoms with Gasteiger partial charge in [0.15, 0.2) is 0 Å². The van der Waals surface area contributed by atoms with Gasteiger partial charge in [-0.15, -0.1) is 11.8 Å². The molecule has 4 nitrogen and oxygen atoms in total. The molecular weight excluding hydrogens is 570 g/mol. The number of carbonyl (C=O) groups is 2. The second-order valence-electron chi connectivity index (χ2n) is 8.88. The summed E-state index contributed by atoms with van der Waals surface area (Å²) in [6.07, 6.45) is 0.379. The number of amides is 2. The summed E-state index contributed by atoms with van der Waals surface area (Å²) in [7, 11) is 0. The largest absolute Gasteiger partial charge is 0.352 e. The summed E-state index contributed by atoms with van der Waals surface area (Å²) in [5, 5.41) is 4.77. The van der Waals surface area contributed by atoms with Crippen LogP contribution in [-0.2, 0) is 28.3 Å². The highest BCUT2D eigenvalue weighted by Crippen LogP contribution is 2.26. The van der Waals surface area contributed by atoms with Crippen molar-refractivity contribution in [3.8, 4) is 0 Å². The fourth-order valence-electron chi connectivity index (χ4n) is 3.74. The van der Waals surface area contributed by atoms with Crippen molar-refractivity contribution in [1.29, 1.82) is 0 Å². The molecule has 3 rings (SSSR count). The topological polar surface area (TPSA) is 49.4 Å². The highest BCUT2D eigenvalue weighted by atomic mass is 35.5. The van der Waals surface area contributed by atoms with Crippen LogP contribution < -0.4 is 5.32 Å². The summed E-state index contributed by atoms with van der Waals surface area (Å²) in [6.45, 7) is 4.01. The van der Waals surface area contributed by atoms with E-state index in [1.54, 1.807) is 29.2 Å². The Kier molecular flexibility index (Phi) is 11.5. The predicted molar refractivity (Wildman–Crippen MR) is 157 cm³/mol. The van der Waals surface area contributed by atoms with E-state index in [1.165, 1.54) is 11.8 Å². The monoisotopic (exact) mass is 596 g/mol. The Labute approximate surface area is 242 Å². The third-order valence-corrected chi connectivity index (χ3v) is 7.98. The molecule has 0 fully saturated rings. The number of thioether (sulfide) groups is 1. The number of hydrogen-bond donors (Lipinski definition) is 1. The molecule has 0 aromatic heterocycles. The summed E-state index contributed by atoms with van der Waals surface area (Å²) in [5.74, 6) is 0.393. The van der Waals surface area contributed by atoms with Crippen LogP contribution in [-0.4, -0.2) is 34.6 Å². The number of halogens is 4. The van der Waals surface area contributed by atoms with Crippen LogP contribution >= 0.6 is 58.2 Å². The highest BCUT2D eigenvalue weighted by molar-refractivity contribution is 7.99. The molecule has 3 aromatic rings. The summed E-state index contributed by atoms with van der Waals surface area (Å²) < 4.78 is 0.